The lowest BCUT2D eigenvalue weighted by atomic mass is 9.97. The molecule has 2 aromatic rings. The first-order chi connectivity index (χ1) is 15.2. The second-order valence-electron chi connectivity index (χ2n) is 6.18. The SMILES string of the molecule is NC1=NC(CF)(c2cccc(NC(=O)c3ccc(Cl)cn3)n2)COC1.O=C(OF)C(F)F. The number of amidine groups is 1. The van der Waals surface area contributed by atoms with Crippen LogP contribution in [-0.2, 0) is 20.0 Å². The molecule has 3 N–H and O–H groups in total. The lowest BCUT2D eigenvalue weighted by Gasteiger charge is -2.30. The zero-order chi connectivity index (χ0) is 23.7. The van der Waals surface area contributed by atoms with E-state index in [0.717, 1.165) is 0 Å². The largest absolute Gasteiger partial charge is 0.414 e. The fraction of sp³-hybridized carbons (Fsp3) is 0.278. The van der Waals surface area contributed by atoms with Crippen LogP contribution in [-0.4, -0.2) is 54.0 Å². The van der Waals surface area contributed by atoms with Gasteiger partial charge in [0.05, 0.1) is 17.3 Å². The van der Waals surface area contributed by atoms with Crippen molar-refractivity contribution in [1.82, 2.24) is 9.97 Å². The molecule has 0 aliphatic carbocycles. The van der Waals surface area contributed by atoms with Crippen molar-refractivity contribution < 1.29 is 37.0 Å². The number of carbonyl (C=O) groups excluding carboxylic acids is 2. The molecule has 0 fully saturated rings. The Bertz CT molecular complexity index is 980. The van der Waals surface area contributed by atoms with Gasteiger partial charge in [-0.1, -0.05) is 17.7 Å². The van der Waals surface area contributed by atoms with Crippen molar-refractivity contribution in [2.24, 2.45) is 10.7 Å². The van der Waals surface area contributed by atoms with Gasteiger partial charge in [0.15, 0.2) is 5.54 Å². The van der Waals surface area contributed by atoms with Crippen molar-refractivity contribution in [2.75, 3.05) is 25.2 Å². The summed E-state index contributed by atoms with van der Waals surface area (Å²) >= 11 is 5.75. The van der Waals surface area contributed by atoms with E-state index in [-0.39, 0.29) is 30.6 Å². The molecule has 1 atom stereocenters. The Morgan fingerprint density at radius 2 is 2.06 bits per heavy atom. The van der Waals surface area contributed by atoms with Gasteiger partial charge in [0.25, 0.3) is 5.91 Å². The molecule has 32 heavy (non-hydrogen) atoms. The van der Waals surface area contributed by atoms with Crippen LogP contribution < -0.4 is 11.1 Å². The summed E-state index contributed by atoms with van der Waals surface area (Å²) in [7, 11) is 0. The maximum Gasteiger partial charge on any atom is 0.414 e. The van der Waals surface area contributed by atoms with Crippen LogP contribution >= 0.6 is 11.6 Å². The summed E-state index contributed by atoms with van der Waals surface area (Å²) < 4.78 is 50.7. The van der Waals surface area contributed by atoms with E-state index >= 15 is 0 Å². The molecule has 1 unspecified atom stereocenters. The van der Waals surface area contributed by atoms with Crippen LogP contribution in [0, 0.1) is 0 Å². The molecule has 9 nitrogen and oxygen atoms in total. The third-order valence-electron chi connectivity index (χ3n) is 3.85. The smallest absolute Gasteiger partial charge is 0.385 e. The summed E-state index contributed by atoms with van der Waals surface area (Å²) in [5.41, 5.74) is 4.87. The molecule has 0 bridgehead atoms. The molecule has 2 aromatic heterocycles. The molecular weight excluding hydrogens is 462 g/mol. The molecular formula is C18H16ClF4N5O4. The summed E-state index contributed by atoms with van der Waals surface area (Å²) in [6, 6.07) is 7.89. The monoisotopic (exact) mass is 477 g/mol. The average Bonchev–Trinajstić information content (AvgIpc) is 2.79. The maximum absolute atomic E-state index is 13.7. The predicted molar refractivity (Wildman–Crippen MR) is 105 cm³/mol. The van der Waals surface area contributed by atoms with E-state index in [1.165, 1.54) is 12.3 Å². The molecule has 0 aromatic carbocycles. The molecule has 3 rings (SSSR count). The Hall–Kier alpha value is -3.32. The standard InChI is InChI=1S/C16H15ClFN5O2.C2HF3O2/c17-10-4-5-11(20-6-10)15(24)22-14-3-1-2-12(21-14)16(8-18)9-25-7-13(19)23-16;3-1(4)2(6)7-5/h1-6H,7-9H2,(H2,19,23)(H,21,22,24);1H. The molecule has 0 spiro atoms. The molecule has 1 aliphatic rings. The second-order valence-corrected chi connectivity index (χ2v) is 6.62. The Balaban J connectivity index is 0.000000451. The first kappa shape index (κ1) is 24.9. The molecule has 172 valence electrons. The van der Waals surface area contributed by atoms with Crippen molar-refractivity contribution in [3.8, 4) is 0 Å². The highest BCUT2D eigenvalue weighted by Crippen LogP contribution is 2.29. The fourth-order valence-corrected chi connectivity index (χ4v) is 2.53. The van der Waals surface area contributed by atoms with Crippen LogP contribution in [0.4, 0.5) is 23.5 Å². The van der Waals surface area contributed by atoms with Crippen molar-refractivity contribution in [3.63, 3.8) is 0 Å². The molecule has 0 saturated heterocycles. The van der Waals surface area contributed by atoms with E-state index in [1.807, 2.05) is 0 Å². The topological polar surface area (TPSA) is 129 Å². The van der Waals surface area contributed by atoms with Gasteiger partial charge in [-0.05, 0) is 24.3 Å². The van der Waals surface area contributed by atoms with Gasteiger partial charge in [-0.25, -0.2) is 24.1 Å². The number of aromatic nitrogens is 2. The van der Waals surface area contributed by atoms with Gasteiger partial charge < -0.3 is 15.8 Å². The van der Waals surface area contributed by atoms with E-state index < -0.39 is 30.5 Å². The number of nitrogens with one attached hydrogen (secondary N) is 1. The van der Waals surface area contributed by atoms with Crippen molar-refractivity contribution in [1.29, 1.82) is 0 Å². The molecule has 3 heterocycles. The number of nitrogens with zero attached hydrogens (tertiary/aromatic N) is 3. The number of hydrogen-bond donors (Lipinski definition) is 2. The molecule has 1 aliphatic heterocycles. The fourth-order valence-electron chi connectivity index (χ4n) is 2.42. The lowest BCUT2D eigenvalue weighted by molar-refractivity contribution is -0.196. The lowest BCUT2D eigenvalue weighted by Crippen LogP contribution is -2.42. The molecule has 14 heteroatoms. The first-order valence-electron chi connectivity index (χ1n) is 8.69. The van der Waals surface area contributed by atoms with Crippen molar-refractivity contribution in [3.05, 3.63) is 52.9 Å². The Morgan fingerprint density at radius 3 is 2.59 bits per heavy atom. The highest BCUT2D eigenvalue weighted by Gasteiger charge is 2.37. The number of halogens is 5. The van der Waals surface area contributed by atoms with Gasteiger partial charge in [0.2, 0.25) is 0 Å². The van der Waals surface area contributed by atoms with E-state index in [2.05, 4.69) is 25.2 Å². The van der Waals surface area contributed by atoms with Crippen LogP contribution in [0.3, 0.4) is 0 Å². The van der Waals surface area contributed by atoms with Gasteiger partial charge in [0, 0.05) is 10.7 Å². The Labute approximate surface area is 183 Å². The van der Waals surface area contributed by atoms with Gasteiger partial charge in [-0.3, -0.25) is 9.79 Å². The highest BCUT2D eigenvalue weighted by atomic mass is 35.5. The first-order valence-corrected chi connectivity index (χ1v) is 9.07. The zero-order valence-electron chi connectivity index (χ0n) is 16.1. The number of hydrogen-bond acceptors (Lipinski definition) is 8. The van der Waals surface area contributed by atoms with Crippen LogP contribution in [0.15, 0.2) is 41.5 Å². The second kappa shape index (κ2) is 11.3. The normalized spacial score (nSPS) is 17.6. The third kappa shape index (κ3) is 6.59. The van der Waals surface area contributed by atoms with Crippen molar-refractivity contribution in [2.45, 2.75) is 12.0 Å². The Morgan fingerprint density at radius 1 is 1.31 bits per heavy atom. The summed E-state index contributed by atoms with van der Waals surface area (Å²) in [6.07, 6.45) is -2.00. The number of alkyl halides is 3. The zero-order valence-corrected chi connectivity index (χ0v) is 16.9. The van der Waals surface area contributed by atoms with Crippen molar-refractivity contribution >= 4 is 35.1 Å². The summed E-state index contributed by atoms with van der Waals surface area (Å²) in [5.74, 6) is -2.17. The predicted octanol–water partition coefficient (Wildman–Crippen LogP) is 2.61. The third-order valence-corrected chi connectivity index (χ3v) is 4.07. The number of anilines is 1. The molecule has 0 saturated carbocycles. The summed E-state index contributed by atoms with van der Waals surface area (Å²) in [6.45, 7) is -0.648. The van der Waals surface area contributed by atoms with E-state index in [4.69, 9.17) is 26.9 Å². The molecule has 1 amide bonds. The number of amides is 1. The van der Waals surface area contributed by atoms with E-state index in [9.17, 15) is 22.5 Å². The molecule has 0 radical (unpaired) electrons. The number of aliphatic imine (C=N–C) groups is 1. The van der Waals surface area contributed by atoms with E-state index in [0.29, 0.717) is 10.7 Å². The minimum absolute atomic E-state index is 0.0212. The van der Waals surface area contributed by atoms with Gasteiger partial charge in [-0.15, -0.1) is 0 Å². The number of ether oxygens (including phenoxy) is 1. The minimum atomic E-state index is -3.37. The minimum Gasteiger partial charge on any atom is -0.385 e. The Kier molecular flexibility index (Phi) is 8.84. The van der Waals surface area contributed by atoms with Crippen LogP contribution in [0.1, 0.15) is 16.2 Å². The number of nitrogens with two attached hydrogens (primary N) is 1. The van der Waals surface area contributed by atoms with E-state index in [1.54, 1.807) is 24.3 Å². The van der Waals surface area contributed by atoms with Gasteiger partial charge in [-0.2, -0.15) is 8.78 Å². The number of pyridine rings is 2. The summed E-state index contributed by atoms with van der Waals surface area (Å²) in [5, 5.41) is 3.04. The number of carbonyl (C=O) groups is 2. The van der Waals surface area contributed by atoms with Crippen LogP contribution in [0.25, 0.3) is 0 Å². The van der Waals surface area contributed by atoms with Crippen LogP contribution in [0.2, 0.25) is 5.02 Å². The quantitative estimate of drug-likeness (QED) is 0.633. The van der Waals surface area contributed by atoms with Gasteiger partial charge in [0.1, 0.15) is 30.6 Å². The highest BCUT2D eigenvalue weighted by molar-refractivity contribution is 6.30. The van der Waals surface area contributed by atoms with Crippen LogP contribution in [0.5, 0.6) is 0 Å². The summed E-state index contributed by atoms with van der Waals surface area (Å²) in [4.78, 5) is 35.9. The average molecular weight is 478 g/mol. The van der Waals surface area contributed by atoms with Gasteiger partial charge >= 0.3 is 12.4 Å². The number of rotatable bonds is 5. The maximum atomic E-state index is 13.7.